The molecule has 0 aliphatic carbocycles. The molecule has 0 bridgehead atoms. The Balaban J connectivity index is 0.000000479. The topological polar surface area (TPSA) is 117 Å². The van der Waals surface area contributed by atoms with Crippen LogP contribution < -0.4 is 0 Å². The smallest absolute Gasteiger partial charge is 0.480 e. The van der Waals surface area contributed by atoms with Gasteiger partial charge in [0.2, 0.25) is 5.91 Å². The van der Waals surface area contributed by atoms with Gasteiger partial charge in [0, 0.05) is 30.3 Å². The van der Waals surface area contributed by atoms with Crippen molar-refractivity contribution in [3.63, 3.8) is 0 Å². The number of aromatic nitrogens is 1. The molecule has 1 aromatic carbocycles. The number of rotatable bonds is 5. The van der Waals surface area contributed by atoms with Crippen molar-refractivity contribution in [2.75, 3.05) is 19.8 Å². The molecule has 2 N–H and O–H groups in total. The summed E-state index contributed by atoms with van der Waals surface area (Å²) in [5.74, 6) is -3.91. The molecule has 2 heterocycles. The Morgan fingerprint density at radius 2 is 1.70 bits per heavy atom. The second-order valence-electron chi connectivity index (χ2n) is 7.56. The van der Waals surface area contributed by atoms with Gasteiger partial charge >= 0.3 is 18.1 Å². The number of ether oxygens (including phenoxy) is 1. The van der Waals surface area contributed by atoms with Crippen LogP contribution in [-0.4, -0.2) is 69.9 Å². The zero-order valence-corrected chi connectivity index (χ0v) is 18.2. The van der Waals surface area contributed by atoms with Gasteiger partial charge in [0.1, 0.15) is 6.54 Å². The first-order valence-corrected chi connectivity index (χ1v) is 10.2. The van der Waals surface area contributed by atoms with E-state index >= 15 is 0 Å². The fourth-order valence-electron chi connectivity index (χ4n) is 3.65. The Hall–Kier alpha value is -3.21. The molecule has 0 unspecified atom stereocenters. The maximum absolute atomic E-state index is 13.0. The van der Waals surface area contributed by atoms with Gasteiger partial charge in [-0.15, -0.1) is 0 Å². The normalized spacial score (nSPS) is 14.3. The van der Waals surface area contributed by atoms with E-state index in [9.17, 15) is 27.9 Å². The van der Waals surface area contributed by atoms with E-state index in [1.54, 1.807) is 0 Å². The lowest BCUT2D eigenvalue weighted by atomic mass is 9.98. The molecular formula is C22H25F3N2O6. The molecule has 11 heteroatoms. The van der Waals surface area contributed by atoms with Gasteiger partial charge in [0.25, 0.3) is 0 Å². The van der Waals surface area contributed by atoms with Gasteiger partial charge in [-0.2, -0.15) is 13.2 Å². The van der Waals surface area contributed by atoms with E-state index in [1.165, 1.54) is 4.90 Å². The maximum atomic E-state index is 13.0. The highest BCUT2D eigenvalue weighted by Crippen LogP contribution is 2.24. The first-order chi connectivity index (χ1) is 15.4. The highest BCUT2D eigenvalue weighted by molar-refractivity contribution is 5.88. The number of carbonyl (C=O) groups excluding carboxylic acids is 1. The molecule has 180 valence electrons. The molecule has 0 atom stereocenters. The number of nitrogens with zero attached hydrogens (tertiary/aromatic N) is 2. The second-order valence-corrected chi connectivity index (χ2v) is 7.56. The SMILES string of the molecule is Cc1nc2ccccc2c(C)c1CC(=O)N(CC(=O)O)C1CCOCC1.O=C(O)C(F)(F)F. The Bertz CT molecular complexity index is 1020. The number of benzene rings is 1. The third-order valence-electron chi connectivity index (χ3n) is 5.31. The first-order valence-electron chi connectivity index (χ1n) is 10.2. The predicted molar refractivity (Wildman–Crippen MR) is 112 cm³/mol. The number of carbonyl (C=O) groups is 3. The van der Waals surface area contributed by atoms with Crippen LogP contribution in [0.4, 0.5) is 13.2 Å². The van der Waals surface area contributed by atoms with E-state index in [-0.39, 0.29) is 24.9 Å². The fourth-order valence-corrected chi connectivity index (χ4v) is 3.65. The summed E-state index contributed by atoms with van der Waals surface area (Å²) in [5.41, 5.74) is 3.64. The number of carboxylic acids is 2. The summed E-state index contributed by atoms with van der Waals surface area (Å²) in [6.07, 6.45) is -3.57. The van der Waals surface area contributed by atoms with Crippen LogP contribution in [-0.2, 0) is 25.5 Å². The number of aryl methyl sites for hydroxylation is 2. The molecule has 1 aliphatic rings. The van der Waals surface area contributed by atoms with Crippen molar-refractivity contribution >= 4 is 28.7 Å². The quantitative estimate of drug-likeness (QED) is 0.690. The molecule has 1 aromatic heterocycles. The molecule has 8 nitrogen and oxygen atoms in total. The summed E-state index contributed by atoms with van der Waals surface area (Å²) in [6.45, 7) is 4.74. The molecule has 33 heavy (non-hydrogen) atoms. The van der Waals surface area contributed by atoms with E-state index in [0.717, 1.165) is 27.7 Å². The number of aliphatic carboxylic acids is 2. The molecule has 1 fully saturated rings. The van der Waals surface area contributed by atoms with E-state index in [0.29, 0.717) is 26.1 Å². The number of hydrogen-bond acceptors (Lipinski definition) is 5. The Labute approximate surface area is 188 Å². The van der Waals surface area contributed by atoms with Crippen LogP contribution in [0.25, 0.3) is 10.9 Å². The van der Waals surface area contributed by atoms with Gasteiger partial charge in [0.05, 0.1) is 11.9 Å². The number of fused-ring (bicyclic) bond motifs is 1. The largest absolute Gasteiger partial charge is 0.490 e. The Morgan fingerprint density at radius 3 is 2.24 bits per heavy atom. The maximum Gasteiger partial charge on any atom is 0.490 e. The van der Waals surface area contributed by atoms with Gasteiger partial charge in [-0.05, 0) is 43.9 Å². The third kappa shape index (κ3) is 7.14. The number of pyridine rings is 1. The molecule has 3 rings (SSSR count). The minimum atomic E-state index is -5.08. The van der Waals surface area contributed by atoms with Gasteiger partial charge in [-0.3, -0.25) is 14.6 Å². The molecule has 0 spiro atoms. The van der Waals surface area contributed by atoms with E-state index in [1.807, 2.05) is 38.1 Å². The van der Waals surface area contributed by atoms with Crippen molar-refractivity contribution in [2.24, 2.45) is 0 Å². The summed E-state index contributed by atoms with van der Waals surface area (Å²) < 4.78 is 37.1. The average molecular weight is 470 g/mol. The highest BCUT2D eigenvalue weighted by atomic mass is 19.4. The van der Waals surface area contributed by atoms with Crippen LogP contribution in [0.5, 0.6) is 0 Å². The van der Waals surface area contributed by atoms with Crippen molar-refractivity contribution in [2.45, 2.75) is 45.3 Å². The zero-order valence-electron chi connectivity index (χ0n) is 18.2. The van der Waals surface area contributed by atoms with Crippen molar-refractivity contribution in [3.05, 3.63) is 41.1 Å². The van der Waals surface area contributed by atoms with E-state index in [2.05, 4.69) is 4.98 Å². The molecule has 1 amide bonds. The van der Waals surface area contributed by atoms with Crippen molar-refractivity contribution in [1.82, 2.24) is 9.88 Å². The lowest BCUT2D eigenvalue weighted by Gasteiger charge is -2.33. The van der Waals surface area contributed by atoms with Crippen LogP contribution in [0, 0.1) is 13.8 Å². The lowest BCUT2D eigenvalue weighted by molar-refractivity contribution is -0.192. The number of carboxylic acid groups (broad SMARTS) is 2. The van der Waals surface area contributed by atoms with Crippen LogP contribution in [0.15, 0.2) is 24.3 Å². The third-order valence-corrected chi connectivity index (χ3v) is 5.31. The summed E-state index contributed by atoms with van der Waals surface area (Å²) in [7, 11) is 0. The lowest BCUT2D eigenvalue weighted by Crippen LogP contribution is -2.46. The van der Waals surface area contributed by atoms with Crippen LogP contribution in [0.1, 0.15) is 29.7 Å². The van der Waals surface area contributed by atoms with Gasteiger partial charge in [0.15, 0.2) is 0 Å². The van der Waals surface area contributed by atoms with Gasteiger partial charge in [-0.1, -0.05) is 18.2 Å². The van der Waals surface area contributed by atoms with Crippen molar-refractivity contribution < 1.29 is 42.5 Å². The van der Waals surface area contributed by atoms with Crippen LogP contribution in [0.2, 0.25) is 0 Å². The Kier molecular flexibility index (Phi) is 8.75. The number of para-hydroxylation sites is 1. The first kappa shape index (κ1) is 26.0. The average Bonchev–Trinajstić information content (AvgIpc) is 2.75. The minimum Gasteiger partial charge on any atom is -0.480 e. The minimum absolute atomic E-state index is 0.0821. The molecule has 0 saturated carbocycles. The summed E-state index contributed by atoms with van der Waals surface area (Å²) in [6, 6.07) is 7.77. The number of amides is 1. The van der Waals surface area contributed by atoms with Crippen LogP contribution >= 0.6 is 0 Å². The molecular weight excluding hydrogens is 445 g/mol. The molecule has 1 saturated heterocycles. The number of alkyl halides is 3. The molecule has 1 aliphatic heterocycles. The fraction of sp³-hybridized carbons (Fsp3) is 0.455. The zero-order chi connectivity index (χ0) is 24.8. The number of halogens is 3. The second kappa shape index (κ2) is 11.1. The monoisotopic (exact) mass is 470 g/mol. The van der Waals surface area contributed by atoms with E-state index < -0.39 is 18.1 Å². The van der Waals surface area contributed by atoms with Crippen molar-refractivity contribution in [1.29, 1.82) is 0 Å². The predicted octanol–water partition coefficient (Wildman–Crippen LogP) is 3.12. The summed E-state index contributed by atoms with van der Waals surface area (Å²) in [5, 5.41) is 17.4. The Morgan fingerprint density at radius 1 is 1.12 bits per heavy atom. The van der Waals surface area contributed by atoms with Crippen LogP contribution in [0.3, 0.4) is 0 Å². The highest BCUT2D eigenvalue weighted by Gasteiger charge is 2.38. The van der Waals surface area contributed by atoms with E-state index in [4.69, 9.17) is 14.6 Å². The number of hydrogen-bond donors (Lipinski definition) is 2. The summed E-state index contributed by atoms with van der Waals surface area (Å²) in [4.78, 5) is 39.3. The standard InChI is InChI=1S/C20H24N2O4.C2HF3O2/c1-13-16-5-3-4-6-18(16)21-14(2)17(13)11-19(23)22(12-20(24)25)15-7-9-26-10-8-15;3-2(4,5)1(6)7/h3-6,15H,7-12H2,1-2H3,(H,24,25);(H,6,7). The molecule has 0 radical (unpaired) electrons. The van der Waals surface area contributed by atoms with Gasteiger partial charge in [-0.25, -0.2) is 4.79 Å². The van der Waals surface area contributed by atoms with Crippen molar-refractivity contribution in [3.8, 4) is 0 Å². The van der Waals surface area contributed by atoms with Gasteiger partial charge < -0.3 is 19.8 Å². The summed E-state index contributed by atoms with van der Waals surface area (Å²) >= 11 is 0. The molecule has 2 aromatic rings.